The SMILES string of the molecule is COCCOCCCCNC(=O)c1ccc(C(=O)O)s1. The molecule has 0 bridgehead atoms. The van der Waals surface area contributed by atoms with Crippen LogP contribution in [-0.4, -0.2) is 50.5 Å². The standard InChI is InChI=1S/C13H19NO5S/c1-18-8-9-19-7-3-2-6-14-12(15)10-4-5-11(20-10)13(16)17/h4-5H,2-3,6-9H2,1H3,(H,14,15)(H,16,17). The molecule has 0 aromatic carbocycles. The minimum Gasteiger partial charge on any atom is -0.477 e. The van der Waals surface area contributed by atoms with Crippen LogP contribution < -0.4 is 5.32 Å². The van der Waals surface area contributed by atoms with Gasteiger partial charge in [-0.3, -0.25) is 4.79 Å². The molecule has 0 spiro atoms. The predicted octanol–water partition coefficient (Wildman–Crippen LogP) is 1.62. The highest BCUT2D eigenvalue weighted by Gasteiger charge is 2.12. The quantitative estimate of drug-likeness (QED) is 0.641. The lowest BCUT2D eigenvalue weighted by molar-refractivity contribution is 0.0686. The molecule has 7 heteroatoms. The van der Waals surface area contributed by atoms with E-state index < -0.39 is 5.97 Å². The van der Waals surface area contributed by atoms with Crippen molar-refractivity contribution in [3.63, 3.8) is 0 Å². The van der Waals surface area contributed by atoms with E-state index in [4.69, 9.17) is 14.6 Å². The maximum absolute atomic E-state index is 11.7. The molecule has 1 rings (SSSR count). The van der Waals surface area contributed by atoms with Gasteiger partial charge in [-0.15, -0.1) is 11.3 Å². The first-order chi connectivity index (χ1) is 9.65. The average Bonchev–Trinajstić information content (AvgIpc) is 2.91. The summed E-state index contributed by atoms with van der Waals surface area (Å²) in [5, 5.41) is 11.5. The molecule has 20 heavy (non-hydrogen) atoms. The average molecular weight is 301 g/mol. The summed E-state index contributed by atoms with van der Waals surface area (Å²) in [5.41, 5.74) is 0. The molecule has 1 amide bonds. The van der Waals surface area contributed by atoms with Crippen LogP contribution in [0.4, 0.5) is 0 Å². The Morgan fingerprint density at radius 3 is 2.60 bits per heavy atom. The van der Waals surface area contributed by atoms with E-state index >= 15 is 0 Å². The minimum atomic E-state index is -1.01. The van der Waals surface area contributed by atoms with Gasteiger partial charge < -0.3 is 19.9 Å². The second kappa shape index (κ2) is 9.46. The predicted molar refractivity (Wildman–Crippen MR) is 75.5 cm³/mol. The molecule has 0 aliphatic carbocycles. The highest BCUT2D eigenvalue weighted by molar-refractivity contribution is 7.15. The fraction of sp³-hybridized carbons (Fsp3) is 0.538. The molecule has 1 aromatic heterocycles. The van der Waals surface area contributed by atoms with Gasteiger partial charge >= 0.3 is 5.97 Å². The number of carbonyl (C=O) groups is 2. The van der Waals surface area contributed by atoms with Crippen LogP contribution in [0.3, 0.4) is 0 Å². The van der Waals surface area contributed by atoms with Crippen molar-refractivity contribution in [2.75, 3.05) is 33.5 Å². The van der Waals surface area contributed by atoms with Crippen molar-refractivity contribution in [3.8, 4) is 0 Å². The third-order valence-electron chi connectivity index (χ3n) is 2.47. The van der Waals surface area contributed by atoms with E-state index in [1.165, 1.54) is 12.1 Å². The van der Waals surface area contributed by atoms with E-state index in [1.807, 2.05) is 0 Å². The van der Waals surface area contributed by atoms with E-state index in [9.17, 15) is 9.59 Å². The molecule has 0 saturated heterocycles. The summed E-state index contributed by atoms with van der Waals surface area (Å²) in [6.45, 7) is 2.35. The van der Waals surface area contributed by atoms with Crippen LogP contribution in [-0.2, 0) is 9.47 Å². The van der Waals surface area contributed by atoms with Crippen molar-refractivity contribution in [1.82, 2.24) is 5.32 Å². The van der Waals surface area contributed by atoms with Gasteiger partial charge in [-0.25, -0.2) is 4.79 Å². The topological polar surface area (TPSA) is 84.9 Å². The number of amides is 1. The molecule has 1 aromatic rings. The van der Waals surface area contributed by atoms with E-state index in [-0.39, 0.29) is 10.8 Å². The summed E-state index contributed by atoms with van der Waals surface area (Å²) in [5.74, 6) is -1.25. The number of hydrogen-bond donors (Lipinski definition) is 2. The lowest BCUT2D eigenvalue weighted by Gasteiger charge is -2.04. The third kappa shape index (κ3) is 6.14. The van der Waals surface area contributed by atoms with Crippen LogP contribution in [0, 0.1) is 0 Å². The molecule has 112 valence electrons. The number of aromatic carboxylic acids is 1. The first kappa shape index (κ1) is 16.6. The number of carbonyl (C=O) groups excluding carboxylic acids is 1. The highest BCUT2D eigenvalue weighted by atomic mass is 32.1. The summed E-state index contributed by atoms with van der Waals surface area (Å²) < 4.78 is 10.1. The van der Waals surface area contributed by atoms with E-state index in [1.54, 1.807) is 7.11 Å². The molecule has 6 nitrogen and oxygen atoms in total. The summed E-state index contributed by atoms with van der Waals surface area (Å²) >= 11 is 0.976. The normalized spacial score (nSPS) is 10.4. The smallest absolute Gasteiger partial charge is 0.345 e. The molecule has 0 saturated carbocycles. The first-order valence-electron chi connectivity index (χ1n) is 6.33. The van der Waals surface area contributed by atoms with Crippen LogP contribution in [0.5, 0.6) is 0 Å². The maximum Gasteiger partial charge on any atom is 0.345 e. The Kier molecular flexibility index (Phi) is 7.86. The van der Waals surface area contributed by atoms with Crippen LogP contribution in [0.15, 0.2) is 12.1 Å². The zero-order chi connectivity index (χ0) is 14.8. The molecule has 0 aliphatic rings. The van der Waals surface area contributed by atoms with Gasteiger partial charge in [0.2, 0.25) is 0 Å². The molecular weight excluding hydrogens is 282 g/mol. The molecule has 0 fully saturated rings. The van der Waals surface area contributed by atoms with Crippen LogP contribution in [0.1, 0.15) is 32.2 Å². The third-order valence-corrected chi connectivity index (χ3v) is 3.55. The Labute approximate surface area is 121 Å². The number of ether oxygens (including phenoxy) is 2. The van der Waals surface area contributed by atoms with Gasteiger partial charge in [0, 0.05) is 20.3 Å². The molecule has 0 atom stereocenters. The molecular formula is C13H19NO5S. The molecule has 2 N–H and O–H groups in total. The van der Waals surface area contributed by atoms with Crippen LogP contribution >= 0.6 is 11.3 Å². The first-order valence-corrected chi connectivity index (χ1v) is 7.15. The molecule has 0 radical (unpaired) electrons. The Bertz CT molecular complexity index is 432. The number of hydrogen-bond acceptors (Lipinski definition) is 5. The Morgan fingerprint density at radius 2 is 1.95 bits per heavy atom. The molecule has 1 heterocycles. The van der Waals surface area contributed by atoms with Gasteiger partial charge in [-0.2, -0.15) is 0 Å². The number of nitrogens with one attached hydrogen (secondary N) is 1. The molecule has 0 unspecified atom stereocenters. The van der Waals surface area contributed by atoms with Crippen molar-refractivity contribution in [1.29, 1.82) is 0 Å². The van der Waals surface area contributed by atoms with Gasteiger partial charge in [-0.05, 0) is 25.0 Å². The lowest BCUT2D eigenvalue weighted by atomic mass is 10.3. The zero-order valence-corrected chi connectivity index (χ0v) is 12.2. The van der Waals surface area contributed by atoms with Gasteiger partial charge in [0.1, 0.15) is 4.88 Å². The Morgan fingerprint density at radius 1 is 1.20 bits per heavy atom. The van der Waals surface area contributed by atoms with E-state index in [2.05, 4.69) is 5.32 Å². The van der Waals surface area contributed by atoms with Crippen molar-refractivity contribution in [3.05, 3.63) is 21.9 Å². The number of unbranched alkanes of at least 4 members (excludes halogenated alkanes) is 1. The van der Waals surface area contributed by atoms with E-state index in [0.29, 0.717) is 31.2 Å². The van der Waals surface area contributed by atoms with Crippen molar-refractivity contribution in [2.24, 2.45) is 0 Å². The van der Waals surface area contributed by atoms with Gasteiger partial charge in [0.05, 0.1) is 18.1 Å². The minimum absolute atomic E-state index is 0.168. The Balaban J connectivity index is 2.12. The van der Waals surface area contributed by atoms with Crippen molar-refractivity contribution >= 4 is 23.2 Å². The summed E-state index contributed by atoms with van der Waals surface area (Å²) in [6, 6.07) is 2.96. The van der Waals surface area contributed by atoms with Crippen LogP contribution in [0.25, 0.3) is 0 Å². The van der Waals surface area contributed by atoms with Gasteiger partial charge in [-0.1, -0.05) is 0 Å². The number of carboxylic acid groups (broad SMARTS) is 1. The number of thiophene rings is 1. The summed E-state index contributed by atoms with van der Waals surface area (Å²) in [7, 11) is 1.62. The highest BCUT2D eigenvalue weighted by Crippen LogP contribution is 2.16. The zero-order valence-electron chi connectivity index (χ0n) is 11.4. The number of methoxy groups -OCH3 is 1. The number of carboxylic acids is 1. The fourth-order valence-electron chi connectivity index (χ4n) is 1.44. The van der Waals surface area contributed by atoms with Gasteiger partial charge in [0.25, 0.3) is 5.91 Å². The van der Waals surface area contributed by atoms with Gasteiger partial charge in [0.15, 0.2) is 0 Å². The maximum atomic E-state index is 11.7. The Hall–Kier alpha value is -1.44. The largest absolute Gasteiger partial charge is 0.477 e. The van der Waals surface area contributed by atoms with Crippen LogP contribution in [0.2, 0.25) is 0 Å². The van der Waals surface area contributed by atoms with Crippen molar-refractivity contribution < 1.29 is 24.2 Å². The second-order valence-corrected chi connectivity index (χ2v) is 5.12. The van der Waals surface area contributed by atoms with E-state index in [0.717, 1.165) is 24.2 Å². The lowest BCUT2D eigenvalue weighted by Crippen LogP contribution is -2.23. The number of rotatable bonds is 10. The molecule has 0 aliphatic heterocycles. The monoisotopic (exact) mass is 301 g/mol. The second-order valence-electron chi connectivity index (χ2n) is 4.04. The summed E-state index contributed by atoms with van der Waals surface area (Å²) in [4.78, 5) is 23.0. The van der Waals surface area contributed by atoms with Crippen molar-refractivity contribution in [2.45, 2.75) is 12.8 Å². The fourth-order valence-corrected chi connectivity index (χ4v) is 2.20. The summed E-state index contributed by atoms with van der Waals surface area (Å²) in [6.07, 6.45) is 1.67.